The van der Waals surface area contributed by atoms with Crippen LogP contribution in [0.3, 0.4) is 0 Å². The van der Waals surface area contributed by atoms with Gasteiger partial charge in [-0.15, -0.1) is 10.2 Å². The van der Waals surface area contributed by atoms with E-state index >= 15 is 0 Å². The molecule has 142 valence electrons. The fourth-order valence-corrected chi connectivity index (χ4v) is 3.53. The lowest BCUT2D eigenvalue weighted by Crippen LogP contribution is -2.17. The van der Waals surface area contributed by atoms with Gasteiger partial charge in [0.05, 0.1) is 5.69 Å². The molecule has 0 aliphatic carbocycles. The molecule has 0 unspecified atom stereocenters. The number of hydrogen-bond donors (Lipinski definition) is 0. The molecule has 0 radical (unpaired) electrons. The van der Waals surface area contributed by atoms with E-state index in [1.807, 2.05) is 26.0 Å². The van der Waals surface area contributed by atoms with Gasteiger partial charge in [-0.1, -0.05) is 17.3 Å². The maximum absolute atomic E-state index is 5.36. The summed E-state index contributed by atoms with van der Waals surface area (Å²) in [7, 11) is 0. The second-order valence-electron chi connectivity index (χ2n) is 6.74. The summed E-state index contributed by atoms with van der Waals surface area (Å²) >= 11 is 0. The van der Waals surface area contributed by atoms with Crippen molar-refractivity contribution >= 4 is 11.4 Å². The molecule has 6 nitrogen and oxygen atoms in total. The Balaban J connectivity index is 1.73. The summed E-state index contributed by atoms with van der Waals surface area (Å²) < 4.78 is 10.6. The number of nitrogens with zero attached hydrogens (tertiary/aromatic N) is 4. The van der Waals surface area contributed by atoms with Crippen LogP contribution in [0.5, 0.6) is 0 Å². The minimum Gasteiger partial charge on any atom is -0.423 e. The number of aromatic nitrogens is 3. The van der Waals surface area contributed by atoms with E-state index in [-0.39, 0.29) is 0 Å². The van der Waals surface area contributed by atoms with Gasteiger partial charge in [0.15, 0.2) is 0 Å². The summed E-state index contributed by atoms with van der Waals surface area (Å²) in [6.07, 6.45) is 1.34. The van der Waals surface area contributed by atoms with Crippen LogP contribution in [0, 0.1) is 20.8 Å². The van der Waals surface area contributed by atoms with Crippen LogP contribution < -0.4 is 4.90 Å². The molecule has 0 atom stereocenters. The molecule has 2 heterocycles. The quantitative estimate of drug-likeness (QED) is 0.461. The molecule has 0 amide bonds. The maximum Gasteiger partial charge on any atom is 0.247 e. The van der Waals surface area contributed by atoms with E-state index in [0.29, 0.717) is 5.89 Å². The molecule has 6 heteroatoms. The number of benzene rings is 2. The first-order valence-corrected chi connectivity index (χ1v) is 9.26. The summed E-state index contributed by atoms with van der Waals surface area (Å²) in [6.45, 7) is 9.03. The van der Waals surface area contributed by atoms with Crippen molar-refractivity contribution in [3.8, 4) is 22.6 Å². The van der Waals surface area contributed by atoms with Crippen LogP contribution in [0.1, 0.15) is 23.9 Å². The normalized spacial score (nSPS) is 11.0. The Hall–Kier alpha value is -3.41. The van der Waals surface area contributed by atoms with Gasteiger partial charge in [0.2, 0.25) is 12.3 Å². The Kier molecular flexibility index (Phi) is 4.69. The zero-order valence-electron chi connectivity index (χ0n) is 16.4. The first kappa shape index (κ1) is 18.0. The fraction of sp³-hybridized carbons (Fsp3) is 0.227. The van der Waals surface area contributed by atoms with Crippen LogP contribution in [0.4, 0.5) is 11.4 Å². The van der Waals surface area contributed by atoms with Crippen molar-refractivity contribution in [2.24, 2.45) is 0 Å². The van der Waals surface area contributed by atoms with E-state index in [9.17, 15) is 0 Å². The van der Waals surface area contributed by atoms with Gasteiger partial charge in [-0.3, -0.25) is 0 Å². The number of rotatable bonds is 5. The zero-order chi connectivity index (χ0) is 19.7. The van der Waals surface area contributed by atoms with E-state index < -0.39 is 0 Å². The zero-order valence-corrected chi connectivity index (χ0v) is 16.4. The fourth-order valence-electron chi connectivity index (χ4n) is 3.53. The molecule has 0 N–H and O–H groups in total. The Morgan fingerprint density at radius 2 is 1.71 bits per heavy atom. The maximum atomic E-state index is 5.36. The average Bonchev–Trinajstić information content (AvgIpc) is 3.35. The van der Waals surface area contributed by atoms with Crippen molar-refractivity contribution in [1.82, 2.24) is 15.4 Å². The smallest absolute Gasteiger partial charge is 0.247 e. The highest BCUT2D eigenvalue weighted by molar-refractivity contribution is 5.76. The lowest BCUT2D eigenvalue weighted by molar-refractivity contribution is 0.393. The van der Waals surface area contributed by atoms with Gasteiger partial charge in [0.1, 0.15) is 5.76 Å². The van der Waals surface area contributed by atoms with Crippen molar-refractivity contribution < 1.29 is 8.94 Å². The first-order chi connectivity index (χ1) is 13.6. The third kappa shape index (κ3) is 3.17. The molecule has 0 aliphatic rings. The topological polar surface area (TPSA) is 68.2 Å². The van der Waals surface area contributed by atoms with Crippen molar-refractivity contribution in [2.45, 2.75) is 27.7 Å². The van der Waals surface area contributed by atoms with Crippen LogP contribution in [-0.2, 0) is 0 Å². The van der Waals surface area contributed by atoms with Gasteiger partial charge >= 0.3 is 0 Å². The number of hydrogen-bond acceptors (Lipinski definition) is 6. The molecule has 28 heavy (non-hydrogen) atoms. The van der Waals surface area contributed by atoms with Crippen LogP contribution in [0.25, 0.3) is 22.6 Å². The Morgan fingerprint density at radius 1 is 0.964 bits per heavy atom. The molecule has 2 aromatic carbocycles. The summed E-state index contributed by atoms with van der Waals surface area (Å²) in [4.78, 5) is 2.29. The van der Waals surface area contributed by atoms with Crippen LogP contribution >= 0.6 is 0 Å². The molecule has 0 saturated heterocycles. The predicted octanol–water partition coefficient (Wildman–Crippen LogP) is 5.47. The van der Waals surface area contributed by atoms with Crippen molar-refractivity contribution in [3.05, 3.63) is 65.9 Å². The van der Waals surface area contributed by atoms with E-state index in [1.54, 1.807) is 0 Å². The van der Waals surface area contributed by atoms with Crippen LogP contribution in [0.2, 0.25) is 0 Å². The Bertz CT molecular complexity index is 1060. The van der Waals surface area contributed by atoms with E-state index in [2.05, 4.69) is 64.4 Å². The van der Waals surface area contributed by atoms with Gasteiger partial charge in [0, 0.05) is 29.0 Å². The van der Waals surface area contributed by atoms with Gasteiger partial charge in [-0.2, -0.15) is 0 Å². The second-order valence-corrected chi connectivity index (χ2v) is 6.74. The molecule has 0 spiro atoms. The lowest BCUT2D eigenvalue weighted by atomic mass is 10.0. The average molecular weight is 374 g/mol. The molecule has 0 bridgehead atoms. The molecule has 2 aromatic heterocycles. The van der Waals surface area contributed by atoms with Crippen molar-refractivity contribution in [2.75, 3.05) is 11.4 Å². The highest BCUT2D eigenvalue weighted by Gasteiger charge is 2.16. The summed E-state index contributed by atoms with van der Waals surface area (Å²) in [6, 6.07) is 14.6. The molecule has 0 fully saturated rings. The van der Waals surface area contributed by atoms with Gasteiger partial charge in [-0.25, -0.2) is 0 Å². The standard InChI is InChI=1S/C22H22N4O2/c1-5-26(19-10-8-17(9-11-19)22-24-23-13-27-22)20-12-18(7-6-14(20)2)21-15(3)25-28-16(21)4/h6-13H,5H2,1-4H3. The SMILES string of the molecule is CCN(c1ccc(-c2nnco2)cc1)c1cc(-c2c(C)noc2C)ccc1C. The summed E-state index contributed by atoms with van der Waals surface area (Å²) in [5.74, 6) is 1.35. The monoisotopic (exact) mass is 374 g/mol. The third-order valence-electron chi connectivity index (χ3n) is 4.92. The Morgan fingerprint density at radius 3 is 2.32 bits per heavy atom. The second kappa shape index (κ2) is 7.31. The van der Waals surface area contributed by atoms with Crippen LogP contribution in [-0.4, -0.2) is 21.9 Å². The van der Waals surface area contributed by atoms with E-state index in [0.717, 1.165) is 46.1 Å². The van der Waals surface area contributed by atoms with Gasteiger partial charge in [0.25, 0.3) is 0 Å². The van der Waals surface area contributed by atoms with Crippen molar-refractivity contribution in [1.29, 1.82) is 0 Å². The summed E-state index contributed by atoms with van der Waals surface area (Å²) in [5, 5.41) is 11.8. The van der Waals surface area contributed by atoms with Crippen molar-refractivity contribution in [3.63, 3.8) is 0 Å². The summed E-state index contributed by atoms with van der Waals surface area (Å²) in [5.41, 5.74) is 7.44. The predicted molar refractivity (Wildman–Crippen MR) is 109 cm³/mol. The molecule has 0 aliphatic heterocycles. The number of aryl methyl sites for hydroxylation is 3. The number of anilines is 2. The first-order valence-electron chi connectivity index (χ1n) is 9.26. The molecule has 4 aromatic rings. The van der Waals surface area contributed by atoms with E-state index in [1.165, 1.54) is 12.0 Å². The minimum atomic E-state index is 0.520. The van der Waals surface area contributed by atoms with Gasteiger partial charge in [-0.05, 0) is 69.2 Å². The Labute approximate surface area is 163 Å². The highest BCUT2D eigenvalue weighted by atomic mass is 16.5. The molecule has 4 rings (SSSR count). The lowest BCUT2D eigenvalue weighted by Gasteiger charge is -2.26. The molecule has 0 saturated carbocycles. The third-order valence-corrected chi connectivity index (χ3v) is 4.92. The largest absolute Gasteiger partial charge is 0.423 e. The van der Waals surface area contributed by atoms with Gasteiger partial charge < -0.3 is 13.8 Å². The molecular weight excluding hydrogens is 352 g/mol. The molecular formula is C22H22N4O2. The van der Waals surface area contributed by atoms with E-state index in [4.69, 9.17) is 8.94 Å². The van der Waals surface area contributed by atoms with Crippen LogP contribution in [0.15, 0.2) is 57.8 Å². The minimum absolute atomic E-state index is 0.520. The highest BCUT2D eigenvalue weighted by Crippen LogP contribution is 2.35.